The van der Waals surface area contributed by atoms with Crippen LogP contribution in [0.2, 0.25) is 0 Å². The lowest BCUT2D eigenvalue weighted by Crippen LogP contribution is -2.11. The van der Waals surface area contributed by atoms with Crippen molar-refractivity contribution in [1.29, 1.82) is 0 Å². The van der Waals surface area contributed by atoms with Crippen LogP contribution in [-0.4, -0.2) is 31.0 Å². The molecule has 1 N–H and O–H groups in total. The Kier molecular flexibility index (Phi) is 4.26. The fraction of sp³-hybridized carbons (Fsp3) is 0.385. The van der Waals surface area contributed by atoms with Crippen LogP contribution in [0.5, 0.6) is 0 Å². The summed E-state index contributed by atoms with van der Waals surface area (Å²) in [6.45, 7) is 1.93. The molecule has 0 fully saturated rings. The van der Waals surface area contributed by atoms with Gasteiger partial charge in [0, 0.05) is 31.8 Å². The highest BCUT2D eigenvalue weighted by Gasteiger charge is 2.10. The van der Waals surface area contributed by atoms with Gasteiger partial charge in [-0.05, 0) is 30.7 Å². The van der Waals surface area contributed by atoms with Gasteiger partial charge in [0.25, 0.3) is 0 Å². The maximum Gasteiger partial charge on any atom is 0.303 e. The number of aryl methyl sites for hydroxylation is 1. The van der Waals surface area contributed by atoms with E-state index in [0.717, 1.165) is 11.3 Å². The summed E-state index contributed by atoms with van der Waals surface area (Å²) in [4.78, 5) is 24.1. The molecule has 1 aromatic rings. The minimum absolute atomic E-state index is 0.0517. The zero-order valence-electron chi connectivity index (χ0n) is 10.4. The summed E-state index contributed by atoms with van der Waals surface area (Å²) in [7, 11) is 3.88. The van der Waals surface area contributed by atoms with Crippen LogP contribution in [0.3, 0.4) is 0 Å². The summed E-state index contributed by atoms with van der Waals surface area (Å²) in [5.74, 6) is -1.07. The Morgan fingerprint density at radius 1 is 1.24 bits per heavy atom. The first-order chi connectivity index (χ1) is 7.91. The number of carboxylic acids is 1. The van der Waals surface area contributed by atoms with Gasteiger partial charge in [-0.2, -0.15) is 0 Å². The fourth-order valence-electron chi connectivity index (χ4n) is 1.70. The number of anilines is 1. The second-order valence-electron chi connectivity index (χ2n) is 4.21. The van der Waals surface area contributed by atoms with E-state index in [1.54, 1.807) is 12.1 Å². The number of hydrogen-bond acceptors (Lipinski definition) is 3. The number of Topliss-reactive ketones (excluding diaryl/α,β-unsaturated/α-hetero) is 1. The molecule has 0 saturated heterocycles. The number of carboxylic acid groups (broad SMARTS) is 1. The van der Waals surface area contributed by atoms with Gasteiger partial charge in [-0.15, -0.1) is 0 Å². The highest BCUT2D eigenvalue weighted by Crippen LogP contribution is 2.20. The van der Waals surface area contributed by atoms with Crippen molar-refractivity contribution in [3.63, 3.8) is 0 Å². The molecule has 1 rings (SSSR count). The molecule has 0 bridgehead atoms. The van der Waals surface area contributed by atoms with Gasteiger partial charge in [0.1, 0.15) is 0 Å². The fourth-order valence-corrected chi connectivity index (χ4v) is 1.70. The standard InChI is InChI=1S/C13H17NO3/c1-9-8-10(4-5-11(9)14(2)3)12(15)6-7-13(16)17/h4-5,8H,6-7H2,1-3H3,(H,16,17). The summed E-state index contributed by atoms with van der Waals surface area (Å²) in [6.07, 6.45) is -0.0661. The van der Waals surface area contributed by atoms with Gasteiger partial charge in [-0.1, -0.05) is 0 Å². The molecule has 92 valence electrons. The van der Waals surface area contributed by atoms with Gasteiger partial charge in [-0.3, -0.25) is 9.59 Å². The Bertz CT molecular complexity index is 438. The number of carbonyl (C=O) groups excluding carboxylic acids is 1. The highest BCUT2D eigenvalue weighted by molar-refractivity contribution is 5.98. The number of aliphatic carboxylic acids is 1. The lowest BCUT2D eigenvalue weighted by molar-refractivity contribution is -0.136. The largest absolute Gasteiger partial charge is 0.481 e. The Balaban J connectivity index is 2.83. The van der Waals surface area contributed by atoms with E-state index in [4.69, 9.17) is 5.11 Å². The molecule has 1 aromatic carbocycles. The maximum atomic E-state index is 11.7. The van der Waals surface area contributed by atoms with Crippen LogP contribution in [0.15, 0.2) is 18.2 Å². The van der Waals surface area contributed by atoms with E-state index in [9.17, 15) is 9.59 Å². The average molecular weight is 235 g/mol. The Morgan fingerprint density at radius 2 is 1.88 bits per heavy atom. The predicted molar refractivity (Wildman–Crippen MR) is 66.7 cm³/mol. The molecule has 4 heteroatoms. The van der Waals surface area contributed by atoms with Crippen molar-refractivity contribution < 1.29 is 14.7 Å². The summed E-state index contributed by atoms with van der Waals surface area (Å²) in [5.41, 5.74) is 2.64. The van der Waals surface area contributed by atoms with Crippen molar-refractivity contribution >= 4 is 17.4 Å². The summed E-state index contributed by atoms with van der Waals surface area (Å²) >= 11 is 0. The highest BCUT2D eigenvalue weighted by atomic mass is 16.4. The van der Waals surface area contributed by atoms with Crippen LogP contribution in [-0.2, 0) is 4.79 Å². The maximum absolute atomic E-state index is 11.7. The SMILES string of the molecule is Cc1cc(C(=O)CCC(=O)O)ccc1N(C)C. The second-order valence-corrected chi connectivity index (χ2v) is 4.21. The molecule has 0 spiro atoms. The molecule has 0 unspecified atom stereocenters. The molecule has 0 saturated carbocycles. The number of benzene rings is 1. The topological polar surface area (TPSA) is 57.6 Å². The monoisotopic (exact) mass is 235 g/mol. The quantitative estimate of drug-likeness (QED) is 0.794. The molecule has 17 heavy (non-hydrogen) atoms. The van der Waals surface area contributed by atoms with Crippen molar-refractivity contribution in [3.8, 4) is 0 Å². The van der Waals surface area contributed by atoms with E-state index >= 15 is 0 Å². The molecule has 0 aromatic heterocycles. The van der Waals surface area contributed by atoms with E-state index in [2.05, 4.69) is 0 Å². The van der Waals surface area contributed by atoms with Crippen molar-refractivity contribution in [2.45, 2.75) is 19.8 Å². The first-order valence-electron chi connectivity index (χ1n) is 5.45. The van der Waals surface area contributed by atoms with E-state index in [1.165, 1.54) is 0 Å². The normalized spacial score (nSPS) is 10.1. The van der Waals surface area contributed by atoms with Gasteiger partial charge in [0.2, 0.25) is 0 Å². The zero-order valence-corrected chi connectivity index (χ0v) is 10.4. The Labute approximate surface area is 101 Å². The van der Waals surface area contributed by atoms with Crippen LogP contribution in [0.25, 0.3) is 0 Å². The minimum Gasteiger partial charge on any atom is -0.481 e. The molecular weight excluding hydrogens is 218 g/mol. The number of carbonyl (C=O) groups is 2. The van der Waals surface area contributed by atoms with E-state index in [1.807, 2.05) is 32.0 Å². The minimum atomic E-state index is -0.944. The Morgan fingerprint density at radius 3 is 2.35 bits per heavy atom. The first-order valence-corrected chi connectivity index (χ1v) is 5.45. The van der Waals surface area contributed by atoms with Crippen molar-refractivity contribution in [1.82, 2.24) is 0 Å². The molecule has 0 aliphatic carbocycles. The van der Waals surface area contributed by atoms with Gasteiger partial charge in [0.15, 0.2) is 5.78 Å². The first kappa shape index (κ1) is 13.2. The number of hydrogen-bond donors (Lipinski definition) is 1. The number of ketones is 1. The van der Waals surface area contributed by atoms with E-state index < -0.39 is 5.97 Å². The molecule has 0 aliphatic rings. The molecule has 4 nitrogen and oxygen atoms in total. The van der Waals surface area contributed by atoms with Crippen molar-refractivity contribution in [3.05, 3.63) is 29.3 Å². The summed E-state index contributed by atoms with van der Waals surface area (Å²) in [6, 6.07) is 5.43. The van der Waals surface area contributed by atoms with Crippen molar-refractivity contribution in [2.75, 3.05) is 19.0 Å². The third kappa shape index (κ3) is 3.59. The smallest absolute Gasteiger partial charge is 0.303 e. The number of nitrogens with zero attached hydrogens (tertiary/aromatic N) is 1. The summed E-state index contributed by atoms with van der Waals surface area (Å²) in [5, 5.41) is 8.52. The van der Waals surface area contributed by atoms with Crippen LogP contribution in [0.1, 0.15) is 28.8 Å². The Hall–Kier alpha value is -1.84. The third-order valence-corrected chi connectivity index (χ3v) is 2.57. The predicted octanol–water partition coefficient (Wildman–Crippen LogP) is 2.11. The lowest BCUT2D eigenvalue weighted by Gasteiger charge is -2.16. The van der Waals surface area contributed by atoms with E-state index in [-0.39, 0.29) is 18.6 Å². The van der Waals surface area contributed by atoms with Gasteiger partial charge >= 0.3 is 5.97 Å². The average Bonchev–Trinajstić information content (AvgIpc) is 2.25. The van der Waals surface area contributed by atoms with Crippen LogP contribution in [0.4, 0.5) is 5.69 Å². The molecule has 0 heterocycles. The molecular formula is C13H17NO3. The van der Waals surface area contributed by atoms with Crippen LogP contribution >= 0.6 is 0 Å². The molecule has 0 amide bonds. The third-order valence-electron chi connectivity index (χ3n) is 2.57. The van der Waals surface area contributed by atoms with Crippen LogP contribution < -0.4 is 4.90 Å². The summed E-state index contributed by atoms with van der Waals surface area (Å²) < 4.78 is 0. The molecule has 0 radical (unpaired) electrons. The van der Waals surface area contributed by atoms with Gasteiger partial charge in [-0.25, -0.2) is 0 Å². The van der Waals surface area contributed by atoms with Gasteiger partial charge < -0.3 is 10.0 Å². The second kappa shape index (κ2) is 5.48. The van der Waals surface area contributed by atoms with Crippen LogP contribution in [0, 0.1) is 6.92 Å². The van der Waals surface area contributed by atoms with Gasteiger partial charge in [0.05, 0.1) is 6.42 Å². The lowest BCUT2D eigenvalue weighted by atomic mass is 10.0. The van der Waals surface area contributed by atoms with Crippen molar-refractivity contribution in [2.24, 2.45) is 0 Å². The molecule has 0 atom stereocenters. The number of rotatable bonds is 5. The molecule has 0 aliphatic heterocycles. The van der Waals surface area contributed by atoms with E-state index in [0.29, 0.717) is 5.56 Å². The zero-order chi connectivity index (χ0) is 13.0.